The molecule has 1 N–H and O–H groups in total. The molecule has 31 heavy (non-hydrogen) atoms. The van der Waals surface area contributed by atoms with Gasteiger partial charge in [-0.15, -0.1) is 0 Å². The second kappa shape index (κ2) is 11.9. The average Bonchev–Trinajstić information content (AvgIpc) is 3.14. The van der Waals surface area contributed by atoms with E-state index < -0.39 is 0 Å². The van der Waals surface area contributed by atoms with Crippen molar-refractivity contribution in [1.29, 1.82) is 0 Å². The Hall–Kier alpha value is -2.33. The maximum atomic E-state index is 12.7. The fourth-order valence-electron chi connectivity index (χ4n) is 4.04. The summed E-state index contributed by atoms with van der Waals surface area (Å²) in [6, 6.07) is 15.0. The number of carbonyl (C=O) groups excluding carboxylic acids is 1. The lowest BCUT2D eigenvalue weighted by molar-refractivity contribution is 0.0937. The number of nitrogens with zero attached hydrogens (tertiary/aromatic N) is 2. The van der Waals surface area contributed by atoms with Crippen molar-refractivity contribution in [1.82, 2.24) is 14.9 Å². The minimum atomic E-state index is -0.201. The van der Waals surface area contributed by atoms with Crippen molar-refractivity contribution in [2.24, 2.45) is 0 Å². The number of unbranched alkanes of at least 4 members (excludes halogenated alkanes) is 7. The standard InChI is InChI=1S/C26H34ClN3O/c1-3-4-5-6-7-8-9-12-18-30-24-17-11-10-16-23(24)29-25(30)20(2)28-26(31)21-14-13-15-22(27)19-21/h10-11,13-17,19-20H,3-9,12,18H2,1-2H3,(H,28,31). The van der Waals surface area contributed by atoms with E-state index >= 15 is 0 Å². The third-order valence-electron chi connectivity index (χ3n) is 5.74. The fraction of sp³-hybridized carbons (Fsp3) is 0.462. The molecule has 0 radical (unpaired) electrons. The Morgan fingerprint density at radius 3 is 2.45 bits per heavy atom. The number of aromatic nitrogens is 2. The van der Waals surface area contributed by atoms with Crippen LogP contribution < -0.4 is 5.32 Å². The van der Waals surface area contributed by atoms with Crippen LogP contribution in [0.1, 0.15) is 87.4 Å². The van der Waals surface area contributed by atoms with Gasteiger partial charge in [0, 0.05) is 17.1 Å². The summed E-state index contributed by atoms with van der Waals surface area (Å²) in [5.74, 6) is 0.764. The molecule has 0 aliphatic carbocycles. The largest absolute Gasteiger partial charge is 0.342 e. The fourth-order valence-corrected chi connectivity index (χ4v) is 4.23. The number of hydrogen-bond acceptors (Lipinski definition) is 2. The van der Waals surface area contributed by atoms with E-state index in [-0.39, 0.29) is 11.9 Å². The highest BCUT2D eigenvalue weighted by molar-refractivity contribution is 6.30. The normalized spacial score (nSPS) is 12.2. The molecule has 4 nitrogen and oxygen atoms in total. The van der Waals surface area contributed by atoms with Crippen molar-refractivity contribution in [2.45, 2.75) is 77.8 Å². The molecule has 0 spiro atoms. The predicted molar refractivity (Wildman–Crippen MR) is 130 cm³/mol. The van der Waals surface area contributed by atoms with Crippen LogP contribution >= 0.6 is 11.6 Å². The van der Waals surface area contributed by atoms with Gasteiger partial charge in [-0.25, -0.2) is 4.98 Å². The van der Waals surface area contributed by atoms with Gasteiger partial charge < -0.3 is 9.88 Å². The third kappa shape index (κ3) is 6.57. The van der Waals surface area contributed by atoms with Crippen molar-refractivity contribution in [2.75, 3.05) is 0 Å². The molecule has 0 saturated heterocycles. The van der Waals surface area contributed by atoms with Crippen LogP contribution in [-0.4, -0.2) is 15.5 Å². The molecular formula is C26H34ClN3O. The van der Waals surface area contributed by atoms with Gasteiger partial charge in [0.1, 0.15) is 5.82 Å². The van der Waals surface area contributed by atoms with Crippen molar-refractivity contribution in [3.05, 3.63) is 64.9 Å². The Bertz CT molecular complexity index is 982. The summed E-state index contributed by atoms with van der Waals surface area (Å²) in [7, 11) is 0. The predicted octanol–water partition coefficient (Wildman–Crippen LogP) is 7.32. The van der Waals surface area contributed by atoms with Gasteiger partial charge in [0.05, 0.1) is 17.1 Å². The Labute approximate surface area is 191 Å². The lowest BCUT2D eigenvalue weighted by atomic mass is 10.1. The molecule has 0 bridgehead atoms. The molecule has 1 aromatic heterocycles. The van der Waals surface area contributed by atoms with Crippen LogP contribution in [0.2, 0.25) is 5.02 Å². The molecule has 3 aromatic rings. The number of imidazole rings is 1. The molecule has 1 amide bonds. The zero-order valence-electron chi connectivity index (χ0n) is 18.7. The van der Waals surface area contributed by atoms with Crippen molar-refractivity contribution in [3.8, 4) is 0 Å². The molecule has 0 aliphatic heterocycles. The zero-order chi connectivity index (χ0) is 22.1. The SMILES string of the molecule is CCCCCCCCCCn1c(C(C)NC(=O)c2cccc(Cl)c2)nc2ccccc21. The summed E-state index contributed by atoms with van der Waals surface area (Å²) < 4.78 is 2.27. The van der Waals surface area contributed by atoms with Gasteiger partial charge in [-0.1, -0.05) is 81.7 Å². The monoisotopic (exact) mass is 439 g/mol. The molecular weight excluding hydrogens is 406 g/mol. The summed E-state index contributed by atoms with van der Waals surface area (Å²) >= 11 is 6.04. The van der Waals surface area contributed by atoms with Gasteiger partial charge in [0.2, 0.25) is 0 Å². The smallest absolute Gasteiger partial charge is 0.251 e. The number of nitrogens with one attached hydrogen (secondary N) is 1. The van der Waals surface area contributed by atoms with Gasteiger partial charge in [-0.2, -0.15) is 0 Å². The van der Waals surface area contributed by atoms with Crippen molar-refractivity contribution in [3.63, 3.8) is 0 Å². The van der Waals surface area contributed by atoms with E-state index in [0.717, 1.165) is 29.8 Å². The Morgan fingerprint density at radius 1 is 1.00 bits per heavy atom. The Kier molecular flexibility index (Phi) is 8.96. The number of hydrogen-bond donors (Lipinski definition) is 1. The Balaban J connectivity index is 1.65. The molecule has 3 rings (SSSR count). The van der Waals surface area contributed by atoms with Gasteiger partial charge >= 0.3 is 0 Å². The number of rotatable bonds is 12. The number of fused-ring (bicyclic) bond motifs is 1. The van der Waals surface area contributed by atoms with Crippen LogP contribution in [-0.2, 0) is 6.54 Å². The van der Waals surface area contributed by atoms with Crippen LogP contribution in [0, 0.1) is 0 Å². The highest BCUT2D eigenvalue weighted by atomic mass is 35.5. The van der Waals surface area contributed by atoms with E-state index in [1.807, 2.05) is 25.1 Å². The summed E-state index contributed by atoms with van der Waals surface area (Å²) in [6.45, 7) is 5.17. The highest BCUT2D eigenvalue weighted by Crippen LogP contribution is 2.23. The first-order valence-electron chi connectivity index (χ1n) is 11.6. The van der Waals surface area contributed by atoms with Crippen LogP contribution in [0.4, 0.5) is 0 Å². The first kappa shape index (κ1) is 23.3. The summed E-state index contributed by atoms with van der Waals surface area (Å²) in [5.41, 5.74) is 2.66. The minimum absolute atomic E-state index is 0.138. The van der Waals surface area contributed by atoms with E-state index in [4.69, 9.17) is 16.6 Å². The molecule has 0 fully saturated rings. The lowest BCUT2D eigenvalue weighted by Gasteiger charge is -2.16. The van der Waals surface area contributed by atoms with Gasteiger partial charge in [0.25, 0.3) is 5.91 Å². The number of carbonyl (C=O) groups is 1. The maximum Gasteiger partial charge on any atom is 0.251 e. The molecule has 1 unspecified atom stereocenters. The van der Waals surface area contributed by atoms with Gasteiger partial charge in [-0.05, 0) is 43.7 Å². The maximum absolute atomic E-state index is 12.7. The minimum Gasteiger partial charge on any atom is -0.342 e. The van der Waals surface area contributed by atoms with E-state index in [2.05, 4.69) is 22.9 Å². The van der Waals surface area contributed by atoms with E-state index in [1.165, 1.54) is 44.9 Å². The summed E-state index contributed by atoms with van der Waals surface area (Å²) in [6.07, 6.45) is 10.3. The topological polar surface area (TPSA) is 46.9 Å². The van der Waals surface area contributed by atoms with Crippen LogP contribution in [0.5, 0.6) is 0 Å². The average molecular weight is 440 g/mol. The summed E-state index contributed by atoms with van der Waals surface area (Å²) in [4.78, 5) is 17.6. The zero-order valence-corrected chi connectivity index (χ0v) is 19.5. The number of benzene rings is 2. The van der Waals surface area contributed by atoms with E-state index in [0.29, 0.717) is 10.6 Å². The molecule has 5 heteroatoms. The van der Waals surface area contributed by atoms with Crippen molar-refractivity contribution < 1.29 is 4.79 Å². The van der Waals surface area contributed by atoms with E-state index in [1.54, 1.807) is 24.3 Å². The second-order valence-electron chi connectivity index (χ2n) is 8.29. The number of aryl methyl sites for hydroxylation is 1. The number of para-hydroxylation sites is 2. The third-order valence-corrected chi connectivity index (χ3v) is 5.98. The molecule has 166 valence electrons. The Morgan fingerprint density at radius 2 is 1.71 bits per heavy atom. The van der Waals surface area contributed by atoms with Gasteiger partial charge in [-0.3, -0.25) is 4.79 Å². The van der Waals surface area contributed by atoms with E-state index in [9.17, 15) is 4.79 Å². The molecule has 0 aliphatic rings. The van der Waals surface area contributed by atoms with Gasteiger partial charge in [0.15, 0.2) is 0 Å². The molecule has 2 aromatic carbocycles. The molecule has 1 heterocycles. The summed E-state index contributed by atoms with van der Waals surface area (Å²) in [5, 5.41) is 3.65. The first-order valence-corrected chi connectivity index (χ1v) is 12.0. The second-order valence-corrected chi connectivity index (χ2v) is 8.73. The van der Waals surface area contributed by atoms with Crippen LogP contribution in [0.3, 0.4) is 0 Å². The van der Waals surface area contributed by atoms with Crippen LogP contribution in [0.15, 0.2) is 48.5 Å². The number of halogens is 1. The molecule has 0 saturated carbocycles. The van der Waals surface area contributed by atoms with Crippen LogP contribution in [0.25, 0.3) is 11.0 Å². The first-order chi connectivity index (χ1) is 15.1. The number of amides is 1. The molecule has 1 atom stereocenters. The highest BCUT2D eigenvalue weighted by Gasteiger charge is 2.19. The lowest BCUT2D eigenvalue weighted by Crippen LogP contribution is -2.28. The quantitative estimate of drug-likeness (QED) is 0.300. The van der Waals surface area contributed by atoms with Crippen molar-refractivity contribution >= 4 is 28.5 Å².